The zero-order valence-corrected chi connectivity index (χ0v) is 20.6. The average molecular weight is 490 g/mol. The van der Waals surface area contributed by atoms with Crippen LogP contribution in [-0.2, 0) is 19.8 Å². The lowest BCUT2D eigenvalue weighted by Crippen LogP contribution is -2.19. The third-order valence-electron chi connectivity index (χ3n) is 4.45. The number of carbonyl (C=O) groups is 1. The molecule has 0 saturated heterocycles. The van der Waals surface area contributed by atoms with E-state index < -0.39 is 31.6 Å². The molecule has 2 aromatic carbocycles. The molecule has 11 heteroatoms. The molecule has 0 saturated carbocycles. The third-order valence-corrected chi connectivity index (χ3v) is 6.96. The van der Waals surface area contributed by atoms with Crippen LogP contribution in [0.3, 0.4) is 0 Å². The molecule has 1 atom stereocenters. The van der Waals surface area contributed by atoms with E-state index in [1.54, 1.807) is 0 Å². The van der Waals surface area contributed by atoms with Gasteiger partial charge in [0.05, 0.1) is 9.79 Å². The van der Waals surface area contributed by atoms with Crippen LogP contribution < -0.4 is 10.5 Å². The molecule has 0 aliphatic rings. The van der Waals surface area contributed by atoms with Crippen LogP contribution in [0.5, 0.6) is 0 Å². The number of benzene rings is 2. The lowest BCUT2D eigenvalue weighted by Gasteiger charge is -2.20. The summed E-state index contributed by atoms with van der Waals surface area (Å²) in [6, 6.07) is 6.76. The maximum Gasteiger partial charge on any atom is 0.354 e. The molecule has 0 fully saturated rings. The van der Waals surface area contributed by atoms with Crippen LogP contribution >= 0.6 is 13.5 Å². The van der Waals surface area contributed by atoms with Crippen molar-refractivity contribution in [3.63, 3.8) is 0 Å². The number of nitrogens with two attached hydrogens (primary N) is 1. The second-order valence-corrected chi connectivity index (χ2v) is 11.4. The fraction of sp³-hybridized carbons (Fsp3) is 0.350. The highest BCUT2D eigenvalue weighted by Crippen LogP contribution is 2.33. The summed E-state index contributed by atoms with van der Waals surface area (Å²) >= 11 is 0. The summed E-state index contributed by atoms with van der Waals surface area (Å²) < 4.78 is 53.5. The van der Waals surface area contributed by atoms with Crippen molar-refractivity contribution in [2.75, 3.05) is 11.6 Å². The highest BCUT2D eigenvalue weighted by Gasteiger charge is 2.19. The third kappa shape index (κ3) is 6.76. The summed E-state index contributed by atoms with van der Waals surface area (Å²) in [4.78, 5) is 12.6. The maximum atomic E-state index is 14.0. The maximum absolute atomic E-state index is 14.0. The Morgan fingerprint density at radius 2 is 1.39 bits per heavy atom. The Morgan fingerprint density at radius 1 is 0.968 bits per heavy atom. The van der Waals surface area contributed by atoms with Crippen LogP contribution in [0.1, 0.15) is 50.7 Å². The van der Waals surface area contributed by atoms with Crippen molar-refractivity contribution in [2.45, 2.75) is 49.3 Å². The van der Waals surface area contributed by atoms with E-state index in [9.17, 15) is 21.8 Å². The fourth-order valence-corrected chi connectivity index (χ4v) is 4.45. The van der Waals surface area contributed by atoms with Gasteiger partial charge in [-0.1, -0.05) is 27.7 Å². The van der Waals surface area contributed by atoms with E-state index in [4.69, 9.17) is 5.14 Å². The van der Waals surface area contributed by atoms with Gasteiger partial charge in [-0.3, -0.25) is 0 Å². The van der Waals surface area contributed by atoms with Crippen LogP contribution in [0.2, 0.25) is 0 Å². The van der Waals surface area contributed by atoms with Crippen LogP contribution in [0.15, 0.2) is 50.6 Å². The monoisotopic (exact) mass is 489 g/mol. The van der Waals surface area contributed by atoms with Crippen molar-refractivity contribution in [1.82, 2.24) is 0 Å². The summed E-state index contributed by atoms with van der Waals surface area (Å²) in [6.07, 6.45) is 1.04. The van der Waals surface area contributed by atoms with Gasteiger partial charge < -0.3 is 5.32 Å². The normalized spacial score (nSPS) is 13.5. The predicted octanol–water partition coefficient (Wildman–Crippen LogP) is 4.52. The first kappa shape index (κ1) is 27.1. The molecule has 7 nitrogen and oxygen atoms in total. The molecule has 172 valence electrons. The van der Waals surface area contributed by atoms with Crippen molar-refractivity contribution < 1.29 is 21.8 Å². The lowest BCUT2D eigenvalue weighted by molar-refractivity contribution is 0.260. The van der Waals surface area contributed by atoms with Gasteiger partial charge in [0.2, 0.25) is 0 Å². The molecule has 2 amide bonds. The summed E-state index contributed by atoms with van der Waals surface area (Å²) in [5.74, 6) is -0.579. The topological polar surface area (TPSA) is 119 Å². The van der Waals surface area contributed by atoms with Gasteiger partial charge in [0.25, 0.3) is 0 Å². The Labute approximate surface area is 190 Å². The van der Waals surface area contributed by atoms with Crippen LogP contribution in [0.25, 0.3) is 0 Å². The van der Waals surface area contributed by atoms with Gasteiger partial charge in [-0.2, -0.15) is 13.5 Å². The lowest BCUT2D eigenvalue weighted by atomic mass is 9.92. The van der Waals surface area contributed by atoms with E-state index in [2.05, 4.69) is 9.68 Å². The standard InChI is InChI=1S/C20H26FN3O4S2.H2S/c1-12(2)17-10-14(21)11-18(13(3)4)19(17)23-20(25)24-30(22,28)16-8-6-15(7-9-16)29(5,26)27;/h6-13H,1-5H3,(H3,22,23,24,25,28);1H2. The van der Waals surface area contributed by atoms with Crippen LogP contribution in [-0.4, -0.2) is 24.9 Å². The van der Waals surface area contributed by atoms with Gasteiger partial charge in [0.15, 0.2) is 9.84 Å². The van der Waals surface area contributed by atoms with E-state index in [-0.39, 0.29) is 35.1 Å². The SMILES string of the molecule is CC(C)c1cc(F)cc(C(C)C)c1NC(=O)N=S(N)(=O)c1ccc(S(C)(=O)=O)cc1.S. The zero-order chi connectivity index (χ0) is 22.9. The van der Waals surface area contributed by atoms with E-state index in [1.807, 2.05) is 27.7 Å². The smallest absolute Gasteiger partial charge is 0.305 e. The second kappa shape index (κ2) is 10.1. The Kier molecular flexibility index (Phi) is 8.84. The molecular weight excluding hydrogens is 461 g/mol. The van der Waals surface area contributed by atoms with Crippen molar-refractivity contribution in [2.24, 2.45) is 9.50 Å². The van der Waals surface area contributed by atoms with Gasteiger partial charge >= 0.3 is 6.03 Å². The number of rotatable bonds is 5. The molecule has 2 rings (SSSR count). The summed E-state index contributed by atoms with van der Waals surface area (Å²) in [7, 11) is -7.05. The van der Waals surface area contributed by atoms with Crippen molar-refractivity contribution >= 4 is 45.0 Å². The van der Waals surface area contributed by atoms with Crippen LogP contribution in [0, 0.1) is 5.82 Å². The molecule has 0 bridgehead atoms. The fourth-order valence-electron chi connectivity index (χ4n) is 2.89. The Balaban J connectivity index is 0.00000480. The summed E-state index contributed by atoms with van der Waals surface area (Å²) in [6.45, 7) is 7.45. The number of nitrogens with one attached hydrogen (secondary N) is 1. The van der Waals surface area contributed by atoms with Gasteiger partial charge in [-0.25, -0.2) is 27.0 Å². The highest BCUT2D eigenvalue weighted by atomic mass is 32.2. The first-order chi connectivity index (χ1) is 13.7. The quantitative estimate of drug-likeness (QED) is 0.642. The Morgan fingerprint density at radius 3 is 1.77 bits per heavy atom. The molecule has 31 heavy (non-hydrogen) atoms. The number of halogens is 1. The van der Waals surface area contributed by atoms with Gasteiger partial charge in [-0.05, 0) is 59.4 Å². The van der Waals surface area contributed by atoms with Gasteiger partial charge in [0, 0.05) is 11.9 Å². The number of urea groups is 1. The first-order valence-electron chi connectivity index (χ1n) is 9.21. The molecule has 2 aromatic rings. The Hall–Kier alpha value is -1.95. The number of carbonyl (C=O) groups excluding carboxylic acids is 1. The van der Waals surface area contributed by atoms with Crippen LogP contribution in [0.4, 0.5) is 14.9 Å². The molecule has 0 aliphatic carbocycles. The second-order valence-electron chi connectivity index (χ2n) is 7.60. The molecule has 0 aromatic heterocycles. The van der Waals surface area contributed by atoms with Gasteiger partial charge in [0.1, 0.15) is 15.7 Å². The van der Waals surface area contributed by atoms with Gasteiger partial charge in [-0.15, -0.1) is 4.36 Å². The highest BCUT2D eigenvalue weighted by molar-refractivity contribution is 7.92. The average Bonchev–Trinajstić information content (AvgIpc) is 2.61. The molecule has 3 N–H and O–H groups in total. The number of amides is 2. The molecule has 0 spiro atoms. The molecular formula is C20H28FN3O4S3. The largest absolute Gasteiger partial charge is 0.354 e. The minimum absolute atomic E-state index is 0. The molecule has 0 heterocycles. The zero-order valence-electron chi connectivity index (χ0n) is 18.0. The van der Waals surface area contributed by atoms with E-state index in [1.165, 1.54) is 36.4 Å². The van der Waals surface area contributed by atoms with Crippen molar-refractivity contribution in [3.05, 3.63) is 53.3 Å². The minimum atomic E-state index is -3.62. The first-order valence-corrected chi connectivity index (χ1v) is 12.7. The molecule has 0 radical (unpaired) electrons. The Bertz CT molecular complexity index is 1160. The molecule has 1 unspecified atom stereocenters. The van der Waals surface area contributed by atoms with Crippen molar-refractivity contribution in [3.8, 4) is 0 Å². The predicted molar refractivity (Wildman–Crippen MR) is 127 cm³/mol. The molecule has 0 aliphatic heterocycles. The number of hydrogen-bond donors (Lipinski definition) is 2. The number of nitrogens with zero attached hydrogens (tertiary/aromatic N) is 1. The van der Waals surface area contributed by atoms with E-state index >= 15 is 0 Å². The number of sulfone groups is 1. The van der Waals surface area contributed by atoms with E-state index in [0.29, 0.717) is 16.8 Å². The number of hydrogen-bond acceptors (Lipinski definition) is 4. The van der Waals surface area contributed by atoms with E-state index in [0.717, 1.165) is 6.26 Å². The minimum Gasteiger partial charge on any atom is -0.305 e. The summed E-state index contributed by atoms with van der Waals surface area (Å²) in [5, 5.41) is 8.37. The summed E-state index contributed by atoms with van der Waals surface area (Å²) in [5.41, 5.74) is 1.59. The van der Waals surface area contributed by atoms with Crippen molar-refractivity contribution in [1.29, 1.82) is 0 Å². The number of anilines is 1.